The Labute approximate surface area is 141 Å². The molecular weight excluding hydrogens is 330 g/mol. The number of nitrogens with zero attached hydrogens (tertiary/aromatic N) is 2. The third-order valence-electron chi connectivity index (χ3n) is 3.35. The van der Waals surface area contributed by atoms with Gasteiger partial charge in [0.25, 0.3) is 5.56 Å². The number of aromatic nitrogens is 2. The fourth-order valence-electron chi connectivity index (χ4n) is 2.06. The Balaban J connectivity index is 2.14. The Morgan fingerprint density at radius 2 is 1.83 bits per heavy atom. The molecule has 2 rings (SSSR count). The Morgan fingerprint density at radius 3 is 2.46 bits per heavy atom. The van der Waals surface area contributed by atoms with E-state index in [1.165, 1.54) is 10.7 Å². The summed E-state index contributed by atoms with van der Waals surface area (Å²) >= 11 is 0. The van der Waals surface area contributed by atoms with Gasteiger partial charge in [-0.05, 0) is 44.2 Å². The second-order valence-electron chi connectivity index (χ2n) is 5.04. The van der Waals surface area contributed by atoms with E-state index in [0.717, 1.165) is 11.3 Å². The molecule has 1 aromatic heterocycles. The van der Waals surface area contributed by atoms with Crippen molar-refractivity contribution in [3.63, 3.8) is 0 Å². The number of rotatable bonds is 8. The molecule has 0 amide bonds. The van der Waals surface area contributed by atoms with Crippen LogP contribution in [0.3, 0.4) is 0 Å². The lowest BCUT2D eigenvalue weighted by atomic mass is 10.1. The molecule has 8 heteroatoms. The van der Waals surface area contributed by atoms with E-state index in [2.05, 4.69) is 9.82 Å². The van der Waals surface area contributed by atoms with E-state index >= 15 is 0 Å². The summed E-state index contributed by atoms with van der Waals surface area (Å²) in [5.74, 6) is 0.769. The van der Waals surface area contributed by atoms with Gasteiger partial charge < -0.3 is 4.74 Å². The standard InChI is InChI=1S/C16H21N3O4S/c1-3-23-14-7-5-13(6-8-14)15-9-10-16(20)19(18-15)12-11-17-24(21,22)4-2/h5-10,17H,3-4,11-12H2,1-2H3. The first-order valence-electron chi connectivity index (χ1n) is 7.74. The molecule has 0 saturated carbocycles. The Bertz CT molecular complexity index is 829. The molecule has 0 bridgehead atoms. The van der Waals surface area contributed by atoms with Crippen molar-refractivity contribution in [2.75, 3.05) is 18.9 Å². The van der Waals surface area contributed by atoms with Crippen molar-refractivity contribution in [3.8, 4) is 17.0 Å². The van der Waals surface area contributed by atoms with Crippen LogP contribution in [0.25, 0.3) is 11.3 Å². The third-order valence-corrected chi connectivity index (χ3v) is 4.76. The summed E-state index contributed by atoms with van der Waals surface area (Å²) in [7, 11) is -3.28. The zero-order valence-electron chi connectivity index (χ0n) is 13.7. The predicted molar refractivity (Wildman–Crippen MR) is 92.6 cm³/mol. The van der Waals surface area contributed by atoms with E-state index < -0.39 is 10.0 Å². The van der Waals surface area contributed by atoms with Crippen molar-refractivity contribution in [1.82, 2.24) is 14.5 Å². The largest absolute Gasteiger partial charge is 0.494 e. The highest BCUT2D eigenvalue weighted by Crippen LogP contribution is 2.19. The van der Waals surface area contributed by atoms with Gasteiger partial charge in [-0.1, -0.05) is 0 Å². The normalized spacial score (nSPS) is 11.4. The van der Waals surface area contributed by atoms with E-state index in [-0.39, 0.29) is 24.4 Å². The van der Waals surface area contributed by atoms with Crippen LogP contribution in [0.5, 0.6) is 5.75 Å². The fraction of sp³-hybridized carbons (Fsp3) is 0.375. The molecule has 0 spiro atoms. The number of sulfonamides is 1. The molecule has 0 radical (unpaired) electrons. The molecule has 0 saturated heterocycles. The first-order chi connectivity index (χ1) is 11.4. The van der Waals surface area contributed by atoms with Gasteiger partial charge in [0.15, 0.2) is 0 Å². The second-order valence-corrected chi connectivity index (χ2v) is 7.13. The van der Waals surface area contributed by atoms with Crippen molar-refractivity contribution in [1.29, 1.82) is 0 Å². The minimum atomic E-state index is -3.28. The SMILES string of the molecule is CCOc1ccc(-c2ccc(=O)n(CCNS(=O)(=O)CC)n2)cc1. The third kappa shape index (κ3) is 4.90. The van der Waals surface area contributed by atoms with E-state index in [1.807, 2.05) is 31.2 Å². The smallest absolute Gasteiger partial charge is 0.266 e. The molecule has 7 nitrogen and oxygen atoms in total. The lowest BCUT2D eigenvalue weighted by Gasteiger charge is -2.09. The van der Waals surface area contributed by atoms with Crippen LogP contribution < -0.4 is 15.0 Å². The Hall–Kier alpha value is -2.19. The van der Waals surface area contributed by atoms with E-state index in [4.69, 9.17) is 4.74 Å². The number of nitrogens with one attached hydrogen (secondary N) is 1. The van der Waals surface area contributed by atoms with Crippen molar-refractivity contribution in [2.45, 2.75) is 20.4 Å². The molecule has 24 heavy (non-hydrogen) atoms. The summed E-state index contributed by atoms with van der Waals surface area (Å²) in [4.78, 5) is 11.9. The van der Waals surface area contributed by atoms with Crippen LogP contribution in [0.15, 0.2) is 41.2 Å². The molecular formula is C16H21N3O4S. The average molecular weight is 351 g/mol. The zero-order chi connectivity index (χ0) is 17.6. The monoisotopic (exact) mass is 351 g/mol. The summed E-state index contributed by atoms with van der Waals surface area (Å²) < 4.78 is 31.9. The number of hydrogen-bond donors (Lipinski definition) is 1. The summed E-state index contributed by atoms with van der Waals surface area (Å²) in [6.45, 7) is 4.35. The van der Waals surface area contributed by atoms with Crippen LogP contribution in [-0.4, -0.2) is 37.1 Å². The number of ether oxygens (including phenoxy) is 1. The van der Waals surface area contributed by atoms with Gasteiger partial charge in [-0.3, -0.25) is 4.79 Å². The topological polar surface area (TPSA) is 90.3 Å². The van der Waals surface area contributed by atoms with Gasteiger partial charge in [0.2, 0.25) is 10.0 Å². The van der Waals surface area contributed by atoms with Gasteiger partial charge in [-0.2, -0.15) is 5.10 Å². The number of benzene rings is 1. The Morgan fingerprint density at radius 1 is 1.12 bits per heavy atom. The van der Waals surface area contributed by atoms with Crippen molar-refractivity contribution in [3.05, 3.63) is 46.8 Å². The maximum atomic E-state index is 11.9. The van der Waals surface area contributed by atoms with Gasteiger partial charge in [0.1, 0.15) is 5.75 Å². The molecule has 1 N–H and O–H groups in total. The molecule has 0 unspecified atom stereocenters. The average Bonchev–Trinajstić information content (AvgIpc) is 2.57. The van der Waals surface area contributed by atoms with Gasteiger partial charge in [0.05, 0.1) is 24.6 Å². The van der Waals surface area contributed by atoms with Crippen LogP contribution in [-0.2, 0) is 16.6 Å². The van der Waals surface area contributed by atoms with Crippen LogP contribution in [0.4, 0.5) is 0 Å². The first-order valence-corrected chi connectivity index (χ1v) is 9.39. The van der Waals surface area contributed by atoms with Gasteiger partial charge >= 0.3 is 0 Å². The molecule has 1 aromatic carbocycles. The first kappa shape index (κ1) is 18.2. The van der Waals surface area contributed by atoms with Gasteiger partial charge in [0, 0.05) is 18.2 Å². The van der Waals surface area contributed by atoms with E-state index in [9.17, 15) is 13.2 Å². The van der Waals surface area contributed by atoms with Crippen molar-refractivity contribution >= 4 is 10.0 Å². The summed E-state index contributed by atoms with van der Waals surface area (Å²) in [5, 5.41) is 4.29. The van der Waals surface area contributed by atoms with Crippen LogP contribution in [0, 0.1) is 0 Å². The Kier molecular flexibility index (Phi) is 6.10. The van der Waals surface area contributed by atoms with Crippen molar-refractivity contribution in [2.24, 2.45) is 0 Å². The molecule has 1 heterocycles. The van der Waals surface area contributed by atoms with Gasteiger partial charge in [-0.25, -0.2) is 17.8 Å². The lowest BCUT2D eigenvalue weighted by molar-refractivity contribution is 0.340. The summed E-state index contributed by atoms with van der Waals surface area (Å²) in [6.07, 6.45) is 0. The maximum absolute atomic E-state index is 11.9. The lowest BCUT2D eigenvalue weighted by Crippen LogP contribution is -2.32. The zero-order valence-corrected chi connectivity index (χ0v) is 14.5. The molecule has 2 aromatic rings. The van der Waals surface area contributed by atoms with Gasteiger partial charge in [-0.15, -0.1) is 0 Å². The minimum absolute atomic E-state index is 0.00153. The van der Waals surface area contributed by atoms with E-state index in [0.29, 0.717) is 12.3 Å². The van der Waals surface area contributed by atoms with Crippen LogP contribution in [0.1, 0.15) is 13.8 Å². The van der Waals surface area contributed by atoms with Crippen molar-refractivity contribution < 1.29 is 13.2 Å². The van der Waals surface area contributed by atoms with Crippen LogP contribution in [0.2, 0.25) is 0 Å². The quantitative estimate of drug-likeness (QED) is 0.773. The fourth-order valence-corrected chi connectivity index (χ4v) is 2.67. The highest BCUT2D eigenvalue weighted by atomic mass is 32.2. The predicted octanol–water partition coefficient (Wildman–Crippen LogP) is 1.25. The molecule has 130 valence electrons. The highest BCUT2D eigenvalue weighted by Gasteiger charge is 2.07. The molecule has 0 fully saturated rings. The summed E-state index contributed by atoms with van der Waals surface area (Å²) in [6, 6.07) is 10.5. The molecule has 0 aliphatic carbocycles. The minimum Gasteiger partial charge on any atom is -0.494 e. The molecule has 0 atom stereocenters. The molecule has 0 aliphatic rings. The second kappa shape index (κ2) is 8.07. The summed E-state index contributed by atoms with van der Waals surface area (Å²) in [5.41, 5.74) is 1.21. The van der Waals surface area contributed by atoms with E-state index in [1.54, 1.807) is 13.0 Å². The number of hydrogen-bond acceptors (Lipinski definition) is 5. The van der Waals surface area contributed by atoms with Crippen LogP contribution >= 0.6 is 0 Å². The molecule has 0 aliphatic heterocycles. The maximum Gasteiger partial charge on any atom is 0.266 e. The highest BCUT2D eigenvalue weighted by molar-refractivity contribution is 7.89.